The number of amides is 3. The van der Waals surface area contributed by atoms with E-state index in [1.54, 1.807) is 19.1 Å². The molecule has 1 aliphatic heterocycles. The summed E-state index contributed by atoms with van der Waals surface area (Å²) in [6.45, 7) is 2.87. The summed E-state index contributed by atoms with van der Waals surface area (Å²) in [5, 5.41) is 0.930. The van der Waals surface area contributed by atoms with Crippen LogP contribution in [0.2, 0.25) is 0 Å². The maximum absolute atomic E-state index is 12.3. The van der Waals surface area contributed by atoms with Gasteiger partial charge >= 0.3 is 6.09 Å². The Morgan fingerprint density at radius 1 is 1.19 bits per heavy atom. The van der Waals surface area contributed by atoms with Crippen molar-refractivity contribution in [2.24, 2.45) is 5.92 Å². The van der Waals surface area contributed by atoms with E-state index < -0.39 is 17.9 Å². The van der Waals surface area contributed by atoms with Crippen LogP contribution in [0, 0.1) is 5.92 Å². The number of hydrazine groups is 1. The van der Waals surface area contributed by atoms with Gasteiger partial charge in [0.1, 0.15) is 5.69 Å². The van der Waals surface area contributed by atoms with Crippen molar-refractivity contribution in [2.45, 2.75) is 19.8 Å². The molecule has 0 bridgehead atoms. The molecule has 8 heteroatoms. The predicted molar refractivity (Wildman–Crippen MR) is 98.7 cm³/mol. The minimum absolute atomic E-state index is 0.214. The van der Waals surface area contributed by atoms with E-state index in [-0.39, 0.29) is 18.1 Å². The molecule has 1 unspecified atom stereocenters. The third kappa shape index (κ3) is 4.52. The Hall–Kier alpha value is -3.16. The topological polar surface area (TPSA) is 101 Å². The molecule has 0 saturated carbocycles. The standard InChI is InChI=1S/C19H22N4O4/c1-2-27-19(26)23-11-5-7-14(12-23)17(24)21-22-18(25)16-10-9-13-6-3-4-8-15(13)20-16/h3-4,6,8-10,14H,2,5,7,11-12H2,1H3,(H,21,24)(H,22,25). The van der Waals surface area contributed by atoms with Crippen LogP contribution in [0.4, 0.5) is 4.79 Å². The van der Waals surface area contributed by atoms with Gasteiger partial charge in [0, 0.05) is 18.5 Å². The van der Waals surface area contributed by atoms with E-state index in [1.165, 1.54) is 4.90 Å². The van der Waals surface area contributed by atoms with Crippen molar-refractivity contribution >= 4 is 28.8 Å². The highest BCUT2D eigenvalue weighted by Gasteiger charge is 2.29. The lowest BCUT2D eigenvalue weighted by molar-refractivity contribution is -0.127. The van der Waals surface area contributed by atoms with Gasteiger partial charge in [0.15, 0.2) is 0 Å². The highest BCUT2D eigenvalue weighted by Crippen LogP contribution is 2.17. The first-order valence-electron chi connectivity index (χ1n) is 8.96. The quantitative estimate of drug-likeness (QED) is 0.803. The number of rotatable bonds is 3. The van der Waals surface area contributed by atoms with E-state index in [1.807, 2.05) is 24.3 Å². The van der Waals surface area contributed by atoms with Gasteiger partial charge in [0.25, 0.3) is 5.91 Å². The molecule has 0 radical (unpaired) electrons. The second-order valence-electron chi connectivity index (χ2n) is 6.32. The van der Waals surface area contributed by atoms with Crippen LogP contribution in [0.1, 0.15) is 30.3 Å². The molecular formula is C19H22N4O4. The van der Waals surface area contributed by atoms with Crippen LogP contribution in [0.3, 0.4) is 0 Å². The van der Waals surface area contributed by atoms with Crippen molar-refractivity contribution in [2.75, 3.05) is 19.7 Å². The number of likely N-dealkylation sites (tertiary alicyclic amines) is 1. The van der Waals surface area contributed by atoms with Crippen molar-refractivity contribution < 1.29 is 19.1 Å². The zero-order valence-electron chi connectivity index (χ0n) is 15.1. The van der Waals surface area contributed by atoms with Crippen LogP contribution in [-0.4, -0.2) is 47.5 Å². The lowest BCUT2D eigenvalue weighted by Crippen LogP contribution is -2.50. The second-order valence-corrected chi connectivity index (χ2v) is 6.32. The Morgan fingerprint density at radius 2 is 2.00 bits per heavy atom. The summed E-state index contributed by atoms with van der Waals surface area (Å²) >= 11 is 0. The molecule has 3 amide bonds. The highest BCUT2D eigenvalue weighted by molar-refractivity contribution is 5.96. The number of fused-ring (bicyclic) bond motifs is 1. The Bertz CT molecular complexity index is 854. The number of hydrogen-bond donors (Lipinski definition) is 2. The third-order valence-electron chi connectivity index (χ3n) is 4.45. The summed E-state index contributed by atoms with van der Waals surface area (Å²) in [6.07, 6.45) is 0.933. The molecule has 1 fully saturated rings. The Balaban J connectivity index is 1.56. The molecule has 1 saturated heterocycles. The van der Waals surface area contributed by atoms with E-state index in [0.29, 0.717) is 31.5 Å². The van der Waals surface area contributed by atoms with Crippen LogP contribution in [-0.2, 0) is 9.53 Å². The molecule has 3 rings (SSSR count). The average molecular weight is 370 g/mol. The molecule has 1 aliphatic rings. The smallest absolute Gasteiger partial charge is 0.409 e. The lowest BCUT2D eigenvalue weighted by Gasteiger charge is -2.31. The molecule has 142 valence electrons. The van der Waals surface area contributed by atoms with Crippen molar-refractivity contribution in [1.29, 1.82) is 0 Å². The average Bonchev–Trinajstić information content (AvgIpc) is 2.71. The lowest BCUT2D eigenvalue weighted by atomic mass is 9.98. The van der Waals surface area contributed by atoms with Crippen LogP contribution in [0.15, 0.2) is 36.4 Å². The van der Waals surface area contributed by atoms with Gasteiger partial charge in [-0.15, -0.1) is 0 Å². The molecule has 0 spiro atoms. The van der Waals surface area contributed by atoms with Gasteiger partial charge in [-0.25, -0.2) is 9.78 Å². The number of piperidine rings is 1. The van der Waals surface area contributed by atoms with Crippen molar-refractivity contribution in [3.05, 3.63) is 42.1 Å². The van der Waals surface area contributed by atoms with Gasteiger partial charge in [-0.05, 0) is 31.9 Å². The largest absolute Gasteiger partial charge is 0.450 e. The molecule has 1 aromatic heterocycles. The summed E-state index contributed by atoms with van der Waals surface area (Å²) in [5.41, 5.74) is 5.74. The molecule has 1 aromatic carbocycles. The highest BCUT2D eigenvalue weighted by atomic mass is 16.6. The summed E-state index contributed by atoms with van der Waals surface area (Å²) in [7, 11) is 0. The fourth-order valence-corrected chi connectivity index (χ4v) is 3.05. The fourth-order valence-electron chi connectivity index (χ4n) is 3.05. The summed E-state index contributed by atoms with van der Waals surface area (Å²) in [5.74, 6) is -1.22. The van der Waals surface area contributed by atoms with Crippen LogP contribution in [0.25, 0.3) is 10.9 Å². The third-order valence-corrected chi connectivity index (χ3v) is 4.45. The number of aromatic nitrogens is 1. The number of carbonyl (C=O) groups is 3. The van der Waals surface area contributed by atoms with E-state index in [2.05, 4.69) is 15.8 Å². The molecule has 8 nitrogen and oxygen atoms in total. The van der Waals surface area contributed by atoms with Gasteiger partial charge in [-0.3, -0.25) is 20.4 Å². The van der Waals surface area contributed by atoms with Gasteiger partial charge in [0.05, 0.1) is 18.0 Å². The maximum atomic E-state index is 12.3. The molecule has 1 atom stereocenters. The maximum Gasteiger partial charge on any atom is 0.409 e. The molecule has 0 aliphatic carbocycles. The normalized spacial score (nSPS) is 16.6. The summed E-state index contributed by atoms with van der Waals surface area (Å²) < 4.78 is 4.98. The van der Waals surface area contributed by atoms with Crippen molar-refractivity contribution in [3.63, 3.8) is 0 Å². The van der Waals surface area contributed by atoms with Gasteiger partial charge in [-0.1, -0.05) is 24.3 Å². The Labute approximate surface area is 156 Å². The first kappa shape index (κ1) is 18.6. The van der Waals surface area contributed by atoms with Crippen LogP contribution in [0.5, 0.6) is 0 Å². The Morgan fingerprint density at radius 3 is 2.81 bits per heavy atom. The van der Waals surface area contributed by atoms with E-state index in [9.17, 15) is 14.4 Å². The summed E-state index contributed by atoms with van der Waals surface area (Å²) in [4.78, 5) is 42.2. The monoisotopic (exact) mass is 370 g/mol. The number of carbonyl (C=O) groups excluding carboxylic acids is 3. The van der Waals surface area contributed by atoms with Crippen molar-refractivity contribution in [3.8, 4) is 0 Å². The van der Waals surface area contributed by atoms with Gasteiger partial charge < -0.3 is 9.64 Å². The Kier molecular flexibility index (Phi) is 5.85. The minimum atomic E-state index is -0.493. The van der Waals surface area contributed by atoms with E-state index >= 15 is 0 Å². The minimum Gasteiger partial charge on any atom is -0.450 e. The summed E-state index contributed by atoms with van der Waals surface area (Å²) in [6, 6.07) is 10.9. The molecular weight excluding hydrogens is 348 g/mol. The molecule has 2 aromatic rings. The second kappa shape index (κ2) is 8.48. The molecule has 27 heavy (non-hydrogen) atoms. The first-order valence-corrected chi connectivity index (χ1v) is 8.96. The van der Waals surface area contributed by atoms with E-state index in [4.69, 9.17) is 4.74 Å². The number of pyridine rings is 1. The number of benzene rings is 1. The van der Waals surface area contributed by atoms with Gasteiger partial charge in [0.2, 0.25) is 5.91 Å². The zero-order chi connectivity index (χ0) is 19.2. The zero-order valence-corrected chi connectivity index (χ0v) is 15.1. The predicted octanol–water partition coefficient (Wildman–Crippen LogP) is 1.86. The van der Waals surface area contributed by atoms with Crippen molar-refractivity contribution in [1.82, 2.24) is 20.7 Å². The number of nitrogens with zero attached hydrogens (tertiary/aromatic N) is 2. The molecule has 2 heterocycles. The van der Waals surface area contributed by atoms with Gasteiger partial charge in [-0.2, -0.15) is 0 Å². The fraction of sp³-hybridized carbons (Fsp3) is 0.368. The van der Waals surface area contributed by atoms with E-state index in [0.717, 1.165) is 5.39 Å². The number of nitrogens with one attached hydrogen (secondary N) is 2. The number of hydrogen-bond acceptors (Lipinski definition) is 5. The molecule has 2 N–H and O–H groups in total. The SMILES string of the molecule is CCOC(=O)N1CCCC(C(=O)NNC(=O)c2ccc3ccccc3n2)C1. The number of ether oxygens (including phenoxy) is 1. The number of para-hydroxylation sites is 1. The van der Waals surface area contributed by atoms with Crippen LogP contribution < -0.4 is 10.9 Å². The first-order chi connectivity index (χ1) is 13.1. The van der Waals surface area contributed by atoms with Crippen LogP contribution >= 0.6 is 0 Å².